The van der Waals surface area contributed by atoms with Crippen LogP contribution in [0.15, 0.2) is 34.9 Å². The van der Waals surface area contributed by atoms with E-state index in [0.29, 0.717) is 11.4 Å². The third-order valence-electron chi connectivity index (χ3n) is 2.90. The first-order valence-electron chi connectivity index (χ1n) is 5.98. The highest BCUT2D eigenvalue weighted by Crippen LogP contribution is 2.18. The number of halogens is 1. The number of hydrogen-bond acceptors (Lipinski definition) is 2. The maximum absolute atomic E-state index is 12.2. The lowest BCUT2D eigenvalue weighted by molar-refractivity contribution is 0.102. The summed E-state index contributed by atoms with van der Waals surface area (Å²) in [4.78, 5) is 16.4. The molecule has 0 radical (unpaired) electrons. The molecule has 4 heteroatoms. The summed E-state index contributed by atoms with van der Waals surface area (Å²) in [6, 6.07) is 7.69. The number of aromatic nitrogens is 1. The maximum atomic E-state index is 12.2. The van der Waals surface area contributed by atoms with Crippen molar-refractivity contribution in [3.8, 4) is 0 Å². The van der Waals surface area contributed by atoms with Crippen molar-refractivity contribution in [2.45, 2.75) is 20.8 Å². The van der Waals surface area contributed by atoms with Crippen LogP contribution in [0.3, 0.4) is 0 Å². The molecule has 1 aromatic heterocycles. The number of aryl methyl sites for hydroxylation is 3. The number of carbonyl (C=O) groups excluding carboxylic acids is 1. The fourth-order valence-electron chi connectivity index (χ4n) is 1.91. The molecule has 0 bridgehead atoms. The second kappa shape index (κ2) is 5.53. The molecule has 1 heterocycles. The first-order valence-corrected chi connectivity index (χ1v) is 6.77. The predicted molar refractivity (Wildman–Crippen MR) is 80.5 cm³/mol. The highest BCUT2D eigenvalue weighted by Gasteiger charge is 2.11. The van der Waals surface area contributed by atoms with Gasteiger partial charge in [0, 0.05) is 16.2 Å². The van der Waals surface area contributed by atoms with Crippen LogP contribution in [0.2, 0.25) is 0 Å². The van der Waals surface area contributed by atoms with Gasteiger partial charge in [-0.3, -0.25) is 4.79 Å². The SMILES string of the molecule is Cc1ccc(C(=O)Nc2ncc(Br)cc2C)c(C)c1. The number of hydrogen-bond donors (Lipinski definition) is 1. The van der Waals surface area contributed by atoms with E-state index in [-0.39, 0.29) is 5.91 Å². The Hall–Kier alpha value is -1.68. The molecule has 3 nitrogen and oxygen atoms in total. The first kappa shape index (κ1) is 13.7. The summed E-state index contributed by atoms with van der Waals surface area (Å²) < 4.78 is 0.898. The molecular weight excluding hydrogens is 304 g/mol. The van der Waals surface area contributed by atoms with Crippen molar-refractivity contribution in [1.82, 2.24) is 4.98 Å². The summed E-state index contributed by atoms with van der Waals surface area (Å²) in [5, 5.41) is 2.84. The number of carbonyl (C=O) groups is 1. The topological polar surface area (TPSA) is 42.0 Å². The Balaban J connectivity index is 2.25. The summed E-state index contributed by atoms with van der Waals surface area (Å²) >= 11 is 3.35. The van der Waals surface area contributed by atoms with Gasteiger partial charge in [0.1, 0.15) is 5.82 Å². The molecule has 0 saturated heterocycles. The number of nitrogens with zero attached hydrogens (tertiary/aromatic N) is 1. The van der Waals surface area contributed by atoms with E-state index in [9.17, 15) is 4.79 Å². The van der Waals surface area contributed by atoms with Gasteiger partial charge in [0.2, 0.25) is 0 Å². The molecule has 0 spiro atoms. The zero-order chi connectivity index (χ0) is 14.0. The fraction of sp³-hybridized carbons (Fsp3) is 0.200. The summed E-state index contributed by atoms with van der Waals surface area (Å²) in [6.45, 7) is 5.86. The van der Waals surface area contributed by atoms with Gasteiger partial charge in [-0.15, -0.1) is 0 Å². The lowest BCUT2D eigenvalue weighted by Gasteiger charge is -2.10. The summed E-state index contributed by atoms with van der Waals surface area (Å²) in [7, 11) is 0. The Morgan fingerprint density at radius 3 is 2.53 bits per heavy atom. The Morgan fingerprint density at radius 2 is 1.89 bits per heavy atom. The van der Waals surface area contributed by atoms with Crippen molar-refractivity contribution in [2.24, 2.45) is 0 Å². The Labute approximate surface area is 121 Å². The van der Waals surface area contributed by atoms with Crippen LogP contribution >= 0.6 is 15.9 Å². The van der Waals surface area contributed by atoms with Crippen LogP contribution in [0.25, 0.3) is 0 Å². The molecule has 2 rings (SSSR count). The molecule has 98 valence electrons. The van der Waals surface area contributed by atoms with Crippen molar-refractivity contribution in [3.05, 3.63) is 57.2 Å². The van der Waals surface area contributed by atoms with Crippen molar-refractivity contribution in [1.29, 1.82) is 0 Å². The Kier molecular flexibility index (Phi) is 4.00. The second-order valence-electron chi connectivity index (χ2n) is 4.59. The second-order valence-corrected chi connectivity index (χ2v) is 5.51. The minimum atomic E-state index is -0.129. The highest BCUT2D eigenvalue weighted by atomic mass is 79.9. The molecule has 0 aliphatic rings. The number of anilines is 1. The molecule has 0 unspecified atom stereocenters. The lowest BCUT2D eigenvalue weighted by Crippen LogP contribution is -2.15. The van der Waals surface area contributed by atoms with Gasteiger partial charge in [-0.05, 0) is 60.0 Å². The Morgan fingerprint density at radius 1 is 1.16 bits per heavy atom. The van der Waals surface area contributed by atoms with Gasteiger partial charge < -0.3 is 5.32 Å². The molecule has 0 aliphatic carbocycles. The monoisotopic (exact) mass is 318 g/mol. The number of benzene rings is 1. The largest absolute Gasteiger partial charge is 0.306 e. The molecule has 2 aromatic rings. The number of nitrogens with one attached hydrogen (secondary N) is 1. The smallest absolute Gasteiger partial charge is 0.257 e. The first-order chi connectivity index (χ1) is 8.97. The molecule has 0 atom stereocenters. The minimum absolute atomic E-state index is 0.129. The van der Waals surface area contributed by atoms with Gasteiger partial charge in [-0.2, -0.15) is 0 Å². The van der Waals surface area contributed by atoms with Gasteiger partial charge in [0.25, 0.3) is 5.91 Å². The number of pyridine rings is 1. The molecular formula is C15H15BrN2O. The van der Waals surface area contributed by atoms with E-state index in [1.165, 1.54) is 0 Å². The van der Waals surface area contributed by atoms with Crippen molar-refractivity contribution in [3.63, 3.8) is 0 Å². The molecule has 0 fully saturated rings. The van der Waals surface area contributed by atoms with Crippen molar-refractivity contribution >= 4 is 27.7 Å². The number of amides is 1. The zero-order valence-electron chi connectivity index (χ0n) is 11.1. The van der Waals surface area contributed by atoms with E-state index in [4.69, 9.17) is 0 Å². The zero-order valence-corrected chi connectivity index (χ0v) is 12.7. The lowest BCUT2D eigenvalue weighted by atomic mass is 10.1. The molecule has 1 aromatic carbocycles. The van der Waals surface area contributed by atoms with Crippen molar-refractivity contribution in [2.75, 3.05) is 5.32 Å². The van der Waals surface area contributed by atoms with Crippen LogP contribution < -0.4 is 5.32 Å². The van der Waals surface area contributed by atoms with Gasteiger partial charge in [-0.25, -0.2) is 4.98 Å². The van der Waals surface area contributed by atoms with Crippen molar-refractivity contribution < 1.29 is 4.79 Å². The van der Waals surface area contributed by atoms with E-state index in [1.54, 1.807) is 6.20 Å². The van der Waals surface area contributed by atoms with Gasteiger partial charge in [0.15, 0.2) is 0 Å². The fourth-order valence-corrected chi connectivity index (χ4v) is 2.36. The average molecular weight is 319 g/mol. The normalized spacial score (nSPS) is 10.3. The van der Waals surface area contributed by atoms with E-state index >= 15 is 0 Å². The van der Waals surface area contributed by atoms with Crippen LogP contribution in [0.5, 0.6) is 0 Å². The van der Waals surface area contributed by atoms with E-state index < -0.39 is 0 Å². The van der Waals surface area contributed by atoms with E-state index in [0.717, 1.165) is 21.2 Å². The molecule has 1 N–H and O–H groups in total. The minimum Gasteiger partial charge on any atom is -0.306 e. The van der Waals surface area contributed by atoms with Crippen LogP contribution in [-0.2, 0) is 0 Å². The molecule has 1 amide bonds. The predicted octanol–water partition coefficient (Wildman–Crippen LogP) is 4.02. The highest BCUT2D eigenvalue weighted by molar-refractivity contribution is 9.10. The van der Waals surface area contributed by atoms with Gasteiger partial charge in [-0.1, -0.05) is 17.7 Å². The van der Waals surface area contributed by atoms with Crippen LogP contribution in [0.4, 0.5) is 5.82 Å². The Bertz CT molecular complexity index is 638. The summed E-state index contributed by atoms with van der Waals surface area (Å²) in [5.41, 5.74) is 3.71. The van der Waals surface area contributed by atoms with E-state index in [1.807, 2.05) is 45.0 Å². The van der Waals surface area contributed by atoms with Crippen LogP contribution in [0.1, 0.15) is 27.0 Å². The average Bonchev–Trinajstić information content (AvgIpc) is 2.32. The van der Waals surface area contributed by atoms with E-state index in [2.05, 4.69) is 26.2 Å². The summed E-state index contributed by atoms with van der Waals surface area (Å²) in [6.07, 6.45) is 1.67. The third-order valence-corrected chi connectivity index (χ3v) is 3.34. The third kappa shape index (κ3) is 3.20. The number of rotatable bonds is 2. The standard InChI is InChI=1S/C15H15BrN2O/c1-9-4-5-13(10(2)6-9)15(19)18-14-11(3)7-12(16)8-17-14/h4-8H,1-3H3,(H,17,18,19). The summed E-state index contributed by atoms with van der Waals surface area (Å²) in [5.74, 6) is 0.462. The maximum Gasteiger partial charge on any atom is 0.257 e. The molecule has 0 aliphatic heterocycles. The quantitative estimate of drug-likeness (QED) is 0.908. The van der Waals surface area contributed by atoms with Gasteiger partial charge >= 0.3 is 0 Å². The van der Waals surface area contributed by atoms with Gasteiger partial charge in [0.05, 0.1) is 0 Å². The molecule has 0 saturated carbocycles. The van der Waals surface area contributed by atoms with Crippen LogP contribution in [-0.4, -0.2) is 10.9 Å². The molecule has 19 heavy (non-hydrogen) atoms. The van der Waals surface area contributed by atoms with Crippen LogP contribution in [0, 0.1) is 20.8 Å².